The number of thiazole rings is 1. The summed E-state index contributed by atoms with van der Waals surface area (Å²) in [6.45, 7) is 0. The van der Waals surface area contributed by atoms with E-state index in [-0.39, 0.29) is 5.91 Å². The summed E-state index contributed by atoms with van der Waals surface area (Å²) in [7, 11) is 1.94. The average molecular weight is 341 g/mol. The molecule has 1 aromatic heterocycles. The first-order chi connectivity index (χ1) is 11.7. The molecule has 5 heteroatoms. The second-order valence-corrected chi connectivity index (χ2v) is 7.91. The number of hydrogen-bond acceptors (Lipinski definition) is 4. The molecule has 2 aliphatic heterocycles. The van der Waals surface area contributed by atoms with Crippen molar-refractivity contribution in [2.24, 2.45) is 0 Å². The minimum atomic E-state index is 0.0665. The van der Waals surface area contributed by atoms with Crippen LogP contribution in [-0.4, -0.2) is 41.0 Å². The van der Waals surface area contributed by atoms with Crippen LogP contribution in [0.4, 0.5) is 0 Å². The zero-order valence-corrected chi connectivity index (χ0v) is 14.8. The number of nitrogens with one attached hydrogen (secondary N) is 1. The van der Waals surface area contributed by atoms with E-state index in [1.165, 1.54) is 18.4 Å². The molecule has 2 atom stereocenters. The van der Waals surface area contributed by atoms with Crippen LogP contribution < -0.4 is 5.32 Å². The Bertz CT molecular complexity index is 702. The molecule has 2 bridgehead atoms. The van der Waals surface area contributed by atoms with Gasteiger partial charge in [-0.15, -0.1) is 11.3 Å². The first kappa shape index (κ1) is 15.8. The molecule has 1 aromatic carbocycles. The van der Waals surface area contributed by atoms with Gasteiger partial charge in [0.1, 0.15) is 5.69 Å². The summed E-state index contributed by atoms with van der Waals surface area (Å²) in [5.74, 6) is 0.0665. The van der Waals surface area contributed by atoms with Gasteiger partial charge in [-0.3, -0.25) is 4.79 Å². The van der Waals surface area contributed by atoms with Crippen LogP contribution in [0.3, 0.4) is 0 Å². The minimum absolute atomic E-state index is 0.0665. The van der Waals surface area contributed by atoms with Gasteiger partial charge < -0.3 is 10.2 Å². The summed E-state index contributed by atoms with van der Waals surface area (Å²) in [5.41, 5.74) is 1.83. The fourth-order valence-corrected chi connectivity index (χ4v) is 4.75. The number of carbonyl (C=O) groups excluding carboxylic acids is 1. The molecule has 2 aromatic rings. The lowest BCUT2D eigenvalue weighted by atomic mass is 9.98. The Hall–Kier alpha value is -1.72. The Balaban J connectivity index is 1.43. The molecule has 4 nitrogen and oxygen atoms in total. The SMILES string of the molecule is CN(C(=O)c1csc(Cc2ccccc2)n1)C1CC2CCC(C1)N2. The number of rotatable bonds is 4. The Morgan fingerprint density at radius 1 is 1.25 bits per heavy atom. The van der Waals surface area contributed by atoms with Crippen LogP contribution in [-0.2, 0) is 6.42 Å². The summed E-state index contributed by atoms with van der Waals surface area (Å²) in [6, 6.07) is 11.8. The molecule has 4 rings (SSSR count). The Morgan fingerprint density at radius 3 is 2.67 bits per heavy atom. The Labute approximate surface area is 146 Å². The highest BCUT2D eigenvalue weighted by Crippen LogP contribution is 2.30. The number of amides is 1. The predicted octanol–water partition coefficient (Wildman–Crippen LogP) is 3.09. The Morgan fingerprint density at radius 2 is 1.96 bits per heavy atom. The molecule has 0 saturated carbocycles. The monoisotopic (exact) mass is 341 g/mol. The maximum Gasteiger partial charge on any atom is 0.273 e. The third-order valence-corrected chi connectivity index (χ3v) is 6.13. The zero-order chi connectivity index (χ0) is 16.5. The van der Waals surface area contributed by atoms with Crippen LogP contribution in [0.5, 0.6) is 0 Å². The van der Waals surface area contributed by atoms with Gasteiger partial charge in [-0.05, 0) is 31.2 Å². The van der Waals surface area contributed by atoms with Crippen LogP contribution >= 0.6 is 11.3 Å². The maximum absolute atomic E-state index is 12.8. The molecular weight excluding hydrogens is 318 g/mol. The van der Waals surface area contributed by atoms with E-state index in [9.17, 15) is 4.79 Å². The van der Waals surface area contributed by atoms with E-state index in [2.05, 4.69) is 22.4 Å². The van der Waals surface area contributed by atoms with Gasteiger partial charge in [0, 0.05) is 37.0 Å². The van der Waals surface area contributed by atoms with Crippen LogP contribution in [0.1, 0.15) is 46.7 Å². The van der Waals surface area contributed by atoms with Crippen LogP contribution in [0.15, 0.2) is 35.7 Å². The largest absolute Gasteiger partial charge is 0.337 e. The van der Waals surface area contributed by atoms with Crippen LogP contribution in [0, 0.1) is 0 Å². The highest BCUT2D eigenvalue weighted by atomic mass is 32.1. The maximum atomic E-state index is 12.8. The molecule has 126 valence electrons. The van der Waals surface area contributed by atoms with Gasteiger partial charge in [0.25, 0.3) is 5.91 Å². The number of aromatic nitrogens is 1. The number of piperidine rings is 1. The van der Waals surface area contributed by atoms with Gasteiger partial charge >= 0.3 is 0 Å². The number of benzene rings is 1. The van der Waals surface area contributed by atoms with Crippen LogP contribution in [0.2, 0.25) is 0 Å². The van der Waals surface area contributed by atoms with Crippen molar-refractivity contribution in [1.29, 1.82) is 0 Å². The molecule has 2 fully saturated rings. The number of carbonyl (C=O) groups is 1. The van der Waals surface area contributed by atoms with Crippen molar-refractivity contribution in [2.75, 3.05) is 7.05 Å². The first-order valence-corrected chi connectivity index (χ1v) is 9.58. The van der Waals surface area contributed by atoms with Crippen molar-refractivity contribution in [1.82, 2.24) is 15.2 Å². The highest BCUT2D eigenvalue weighted by Gasteiger charge is 2.36. The number of nitrogens with zero attached hydrogens (tertiary/aromatic N) is 2. The van der Waals surface area contributed by atoms with Crippen molar-refractivity contribution in [2.45, 2.75) is 50.2 Å². The summed E-state index contributed by atoms with van der Waals surface area (Å²) in [4.78, 5) is 19.3. The third-order valence-electron chi connectivity index (χ3n) is 5.29. The number of hydrogen-bond donors (Lipinski definition) is 1. The molecule has 0 radical (unpaired) electrons. The lowest BCUT2D eigenvalue weighted by Gasteiger charge is -2.35. The van der Waals surface area contributed by atoms with Crippen LogP contribution in [0.25, 0.3) is 0 Å². The van der Waals surface area contributed by atoms with E-state index in [0.29, 0.717) is 23.8 Å². The molecule has 2 saturated heterocycles. The van der Waals surface area contributed by atoms with Gasteiger partial charge in [0.2, 0.25) is 0 Å². The molecule has 1 N–H and O–H groups in total. The fourth-order valence-electron chi connectivity index (χ4n) is 3.95. The summed E-state index contributed by atoms with van der Waals surface area (Å²) < 4.78 is 0. The van der Waals surface area contributed by atoms with Gasteiger partial charge in [-0.1, -0.05) is 30.3 Å². The minimum Gasteiger partial charge on any atom is -0.337 e. The zero-order valence-electron chi connectivity index (χ0n) is 13.9. The third kappa shape index (κ3) is 3.23. The molecule has 0 spiro atoms. The van der Waals surface area contributed by atoms with E-state index in [1.54, 1.807) is 11.3 Å². The lowest BCUT2D eigenvalue weighted by Crippen LogP contribution is -2.48. The van der Waals surface area contributed by atoms with E-state index in [1.807, 2.05) is 35.5 Å². The fraction of sp³-hybridized carbons (Fsp3) is 0.474. The normalized spacial score (nSPS) is 25.6. The van der Waals surface area contributed by atoms with Gasteiger partial charge in [-0.25, -0.2) is 4.98 Å². The summed E-state index contributed by atoms with van der Waals surface area (Å²) in [6.07, 6.45) is 5.43. The van der Waals surface area contributed by atoms with E-state index >= 15 is 0 Å². The molecule has 3 heterocycles. The second kappa shape index (κ2) is 6.65. The predicted molar refractivity (Wildman–Crippen MR) is 96.4 cm³/mol. The molecule has 1 amide bonds. The van der Waals surface area contributed by atoms with E-state index in [4.69, 9.17) is 0 Å². The van der Waals surface area contributed by atoms with Gasteiger partial charge in [0.15, 0.2) is 0 Å². The Kier molecular flexibility index (Phi) is 4.37. The van der Waals surface area contributed by atoms with Gasteiger partial charge in [-0.2, -0.15) is 0 Å². The highest BCUT2D eigenvalue weighted by molar-refractivity contribution is 7.09. The molecule has 2 aliphatic rings. The quantitative estimate of drug-likeness (QED) is 0.929. The van der Waals surface area contributed by atoms with E-state index in [0.717, 1.165) is 24.3 Å². The lowest BCUT2D eigenvalue weighted by molar-refractivity contribution is 0.0676. The molecule has 2 unspecified atom stereocenters. The summed E-state index contributed by atoms with van der Waals surface area (Å²) >= 11 is 1.58. The smallest absolute Gasteiger partial charge is 0.273 e. The number of fused-ring (bicyclic) bond motifs is 2. The first-order valence-electron chi connectivity index (χ1n) is 8.70. The average Bonchev–Trinajstić information content (AvgIpc) is 3.20. The standard InChI is InChI=1S/C19H23N3OS/c1-22(16-10-14-7-8-15(11-16)20-14)19(23)17-12-24-18(21-17)9-13-5-3-2-4-6-13/h2-6,12,14-16,20H,7-11H2,1H3. The molecular formula is C19H23N3OS. The molecule has 24 heavy (non-hydrogen) atoms. The van der Waals surface area contributed by atoms with Crippen molar-refractivity contribution in [3.8, 4) is 0 Å². The summed E-state index contributed by atoms with van der Waals surface area (Å²) in [5, 5.41) is 6.55. The van der Waals surface area contributed by atoms with Crippen molar-refractivity contribution in [3.63, 3.8) is 0 Å². The van der Waals surface area contributed by atoms with Crippen molar-refractivity contribution < 1.29 is 4.79 Å². The van der Waals surface area contributed by atoms with Crippen molar-refractivity contribution >= 4 is 17.2 Å². The molecule has 0 aliphatic carbocycles. The second-order valence-electron chi connectivity index (χ2n) is 6.97. The topological polar surface area (TPSA) is 45.2 Å². The van der Waals surface area contributed by atoms with Crippen molar-refractivity contribution in [3.05, 3.63) is 52.0 Å². The van der Waals surface area contributed by atoms with E-state index < -0.39 is 0 Å². The van der Waals surface area contributed by atoms with Gasteiger partial charge in [0.05, 0.1) is 5.01 Å².